The number of nitrogens with two attached hydrogens (primary N) is 1. The zero-order chi connectivity index (χ0) is 13.0. The van der Waals surface area contributed by atoms with E-state index in [-0.39, 0.29) is 24.4 Å². The number of nitrogens with one attached hydrogen (secondary N) is 1. The Labute approximate surface area is 121 Å². The monoisotopic (exact) mass is 282 g/mol. The van der Waals surface area contributed by atoms with Crippen LogP contribution in [0.15, 0.2) is 24.3 Å². The average molecular weight is 283 g/mol. The lowest BCUT2D eigenvalue weighted by molar-refractivity contribution is -0.121. The minimum Gasteiger partial charge on any atom is -0.355 e. The maximum absolute atomic E-state index is 11.6. The third-order valence-corrected chi connectivity index (χ3v) is 3.55. The van der Waals surface area contributed by atoms with Gasteiger partial charge in [0.1, 0.15) is 0 Å². The number of aryl methyl sites for hydroxylation is 1. The third-order valence-electron chi connectivity index (χ3n) is 3.55. The second kappa shape index (κ2) is 7.51. The molecule has 0 aromatic heterocycles. The van der Waals surface area contributed by atoms with E-state index >= 15 is 0 Å². The molecule has 1 aromatic carbocycles. The molecule has 0 saturated heterocycles. The van der Waals surface area contributed by atoms with E-state index in [1.807, 2.05) is 6.92 Å². The van der Waals surface area contributed by atoms with Crippen molar-refractivity contribution in [2.24, 2.45) is 5.73 Å². The van der Waals surface area contributed by atoms with Gasteiger partial charge in [0, 0.05) is 24.9 Å². The summed E-state index contributed by atoms with van der Waals surface area (Å²) in [4.78, 5) is 11.6. The average Bonchev–Trinajstić information content (AvgIpc) is 2.35. The van der Waals surface area contributed by atoms with Crippen LogP contribution in [0, 0.1) is 0 Å². The van der Waals surface area contributed by atoms with Crippen molar-refractivity contribution in [2.75, 3.05) is 6.54 Å². The van der Waals surface area contributed by atoms with Crippen molar-refractivity contribution in [1.82, 2.24) is 5.32 Å². The SMILES string of the molecule is CC(N)CC(=O)NCC1CCCc2ccccc21.Cl. The molecule has 0 fully saturated rings. The van der Waals surface area contributed by atoms with Crippen LogP contribution in [0.25, 0.3) is 0 Å². The summed E-state index contributed by atoms with van der Waals surface area (Å²) in [6.07, 6.45) is 3.95. The molecular formula is C15H23ClN2O. The summed E-state index contributed by atoms with van der Waals surface area (Å²) < 4.78 is 0. The van der Waals surface area contributed by atoms with Crippen LogP contribution in [0.1, 0.15) is 43.2 Å². The number of hydrogen-bond donors (Lipinski definition) is 2. The van der Waals surface area contributed by atoms with Crippen molar-refractivity contribution in [3.63, 3.8) is 0 Å². The lowest BCUT2D eigenvalue weighted by atomic mass is 9.83. The van der Waals surface area contributed by atoms with E-state index < -0.39 is 0 Å². The van der Waals surface area contributed by atoms with Gasteiger partial charge in [-0.3, -0.25) is 4.79 Å². The second-order valence-electron chi connectivity index (χ2n) is 5.27. The second-order valence-corrected chi connectivity index (χ2v) is 5.27. The Morgan fingerprint density at radius 2 is 2.21 bits per heavy atom. The van der Waals surface area contributed by atoms with Gasteiger partial charge >= 0.3 is 0 Å². The first-order valence-electron chi connectivity index (χ1n) is 6.77. The lowest BCUT2D eigenvalue weighted by Crippen LogP contribution is -2.33. The van der Waals surface area contributed by atoms with Crippen molar-refractivity contribution in [3.8, 4) is 0 Å². The van der Waals surface area contributed by atoms with Crippen LogP contribution in [-0.2, 0) is 11.2 Å². The van der Waals surface area contributed by atoms with E-state index in [1.54, 1.807) is 0 Å². The molecule has 19 heavy (non-hydrogen) atoms. The highest BCUT2D eigenvalue weighted by Gasteiger charge is 2.20. The number of hydrogen-bond acceptors (Lipinski definition) is 2. The Kier molecular flexibility index (Phi) is 6.32. The molecule has 0 aliphatic heterocycles. The van der Waals surface area contributed by atoms with Gasteiger partial charge in [-0.25, -0.2) is 0 Å². The van der Waals surface area contributed by atoms with Gasteiger partial charge in [-0.05, 0) is 37.3 Å². The van der Waals surface area contributed by atoms with Gasteiger partial charge in [-0.1, -0.05) is 24.3 Å². The topological polar surface area (TPSA) is 55.1 Å². The fourth-order valence-corrected chi connectivity index (χ4v) is 2.67. The molecule has 0 spiro atoms. The molecule has 3 nitrogen and oxygen atoms in total. The molecule has 2 atom stereocenters. The Morgan fingerprint density at radius 1 is 1.47 bits per heavy atom. The molecule has 2 rings (SSSR count). The summed E-state index contributed by atoms with van der Waals surface area (Å²) in [6.45, 7) is 2.60. The standard InChI is InChI=1S/C15H22N2O.ClH/c1-11(16)9-15(18)17-10-13-7-4-6-12-5-2-3-8-14(12)13;/h2-3,5,8,11,13H,4,6-7,9-10,16H2,1H3,(H,17,18);1H. The minimum absolute atomic E-state index is 0. The molecule has 0 bridgehead atoms. The zero-order valence-electron chi connectivity index (χ0n) is 11.4. The van der Waals surface area contributed by atoms with Gasteiger partial charge in [0.15, 0.2) is 0 Å². The van der Waals surface area contributed by atoms with Crippen molar-refractivity contribution in [1.29, 1.82) is 0 Å². The molecule has 106 valence electrons. The molecule has 0 saturated carbocycles. The third kappa shape index (κ3) is 4.51. The molecule has 4 heteroatoms. The van der Waals surface area contributed by atoms with Crippen molar-refractivity contribution >= 4 is 18.3 Å². The minimum atomic E-state index is -0.0661. The fourth-order valence-electron chi connectivity index (χ4n) is 2.67. The molecular weight excluding hydrogens is 260 g/mol. The number of amides is 1. The lowest BCUT2D eigenvalue weighted by Gasteiger charge is -2.25. The quantitative estimate of drug-likeness (QED) is 0.891. The van der Waals surface area contributed by atoms with Crippen LogP contribution in [0.5, 0.6) is 0 Å². The van der Waals surface area contributed by atoms with Crippen LogP contribution in [0.4, 0.5) is 0 Å². The number of rotatable bonds is 4. The van der Waals surface area contributed by atoms with Crippen LogP contribution < -0.4 is 11.1 Å². The summed E-state index contributed by atoms with van der Waals surface area (Å²) in [7, 11) is 0. The molecule has 1 aromatic rings. The largest absolute Gasteiger partial charge is 0.355 e. The van der Waals surface area contributed by atoms with E-state index in [0.717, 1.165) is 13.0 Å². The van der Waals surface area contributed by atoms with Crippen LogP contribution in [0.2, 0.25) is 0 Å². The van der Waals surface area contributed by atoms with Gasteiger partial charge in [-0.2, -0.15) is 0 Å². The van der Waals surface area contributed by atoms with Crippen LogP contribution >= 0.6 is 12.4 Å². The van der Waals surface area contributed by atoms with E-state index in [0.29, 0.717) is 12.3 Å². The first-order valence-corrected chi connectivity index (χ1v) is 6.77. The van der Waals surface area contributed by atoms with Crippen molar-refractivity contribution in [3.05, 3.63) is 35.4 Å². The Morgan fingerprint density at radius 3 is 2.95 bits per heavy atom. The van der Waals surface area contributed by atoms with Gasteiger partial charge in [0.2, 0.25) is 5.91 Å². The van der Waals surface area contributed by atoms with Crippen molar-refractivity contribution in [2.45, 2.75) is 44.6 Å². The number of carbonyl (C=O) groups is 1. The normalized spacial score (nSPS) is 18.9. The summed E-state index contributed by atoms with van der Waals surface area (Å²) in [5, 5.41) is 3.01. The number of halogens is 1. The molecule has 2 unspecified atom stereocenters. The predicted molar refractivity (Wildman–Crippen MR) is 80.6 cm³/mol. The highest BCUT2D eigenvalue weighted by Crippen LogP contribution is 2.30. The number of carbonyl (C=O) groups excluding carboxylic acids is 1. The molecule has 3 N–H and O–H groups in total. The maximum atomic E-state index is 11.6. The number of fused-ring (bicyclic) bond motifs is 1. The molecule has 0 heterocycles. The summed E-state index contributed by atoms with van der Waals surface area (Å²) >= 11 is 0. The molecule has 1 aliphatic carbocycles. The summed E-state index contributed by atoms with van der Waals surface area (Å²) in [5.41, 5.74) is 8.47. The first kappa shape index (κ1) is 16.0. The molecule has 1 amide bonds. The fraction of sp³-hybridized carbons (Fsp3) is 0.533. The highest BCUT2D eigenvalue weighted by molar-refractivity contribution is 5.85. The van der Waals surface area contributed by atoms with E-state index in [1.165, 1.54) is 24.0 Å². The van der Waals surface area contributed by atoms with Crippen molar-refractivity contribution < 1.29 is 4.79 Å². The van der Waals surface area contributed by atoms with Gasteiger partial charge < -0.3 is 11.1 Å². The summed E-state index contributed by atoms with van der Waals surface area (Å²) in [5.74, 6) is 0.528. The zero-order valence-corrected chi connectivity index (χ0v) is 12.2. The number of benzene rings is 1. The summed E-state index contributed by atoms with van der Waals surface area (Å²) in [6, 6.07) is 8.50. The van der Waals surface area contributed by atoms with Gasteiger partial charge in [0.25, 0.3) is 0 Å². The maximum Gasteiger partial charge on any atom is 0.221 e. The van der Waals surface area contributed by atoms with Crippen LogP contribution in [0.3, 0.4) is 0 Å². The molecule has 0 radical (unpaired) electrons. The van der Waals surface area contributed by atoms with E-state index in [9.17, 15) is 4.79 Å². The van der Waals surface area contributed by atoms with Crippen LogP contribution in [-0.4, -0.2) is 18.5 Å². The first-order chi connectivity index (χ1) is 8.66. The van der Waals surface area contributed by atoms with Gasteiger partial charge in [0.05, 0.1) is 0 Å². The predicted octanol–water partition coefficient (Wildman–Crippen LogP) is 2.38. The molecule has 1 aliphatic rings. The Balaban J connectivity index is 0.00000180. The van der Waals surface area contributed by atoms with E-state index in [4.69, 9.17) is 5.73 Å². The Bertz CT molecular complexity index is 420. The Hall–Kier alpha value is -1.06. The van der Waals surface area contributed by atoms with E-state index in [2.05, 4.69) is 29.6 Å². The van der Waals surface area contributed by atoms with Gasteiger partial charge in [-0.15, -0.1) is 12.4 Å². The smallest absolute Gasteiger partial charge is 0.221 e. The highest BCUT2D eigenvalue weighted by atomic mass is 35.5.